The molecule has 0 saturated carbocycles. The fourth-order valence-electron chi connectivity index (χ4n) is 2.99. The van der Waals surface area contributed by atoms with Crippen molar-refractivity contribution in [2.75, 3.05) is 17.5 Å². The summed E-state index contributed by atoms with van der Waals surface area (Å²) in [5, 5.41) is 12.7. The smallest absolute Gasteiger partial charge is 0.326 e. The Balaban J connectivity index is 2.23. The molecular formula is C20H18N2O6S. The van der Waals surface area contributed by atoms with Crippen molar-refractivity contribution >= 4 is 38.1 Å². The predicted octanol–water partition coefficient (Wildman–Crippen LogP) is 3.51. The van der Waals surface area contributed by atoms with Gasteiger partial charge in [-0.2, -0.15) is 0 Å². The number of nitro benzene ring substituents is 1. The van der Waals surface area contributed by atoms with Crippen LogP contribution in [0.5, 0.6) is 0 Å². The first-order chi connectivity index (χ1) is 13.9. The molecule has 150 valence electrons. The Labute approximate surface area is 167 Å². The van der Waals surface area contributed by atoms with E-state index in [4.69, 9.17) is 4.74 Å². The normalized spacial score (nSPS) is 11.2. The number of carbonyl (C=O) groups is 1. The molecule has 0 saturated heterocycles. The fraction of sp³-hybridized carbons (Fsp3) is 0.150. The molecule has 8 nitrogen and oxygen atoms in total. The number of sulfonamides is 1. The van der Waals surface area contributed by atoms with Crippen LogP contribution in [0.4, 0.5) is 11.4 Å². The largest absolute Gasteiger partial charge is 0.465 e. The number of nitrogens with zero attached hydrogens (tertiary/aromatic N) is 2. The molecule has 0 bridgehead atoms. The predicted molar refractivity (Wildman–Crippen MR) is 108 cm³/mol. The summed E-state index contributed by atoms with van der Waals surface area (Å²) in [7, 11) is -4.44. The zero-order valence-corrected chi connectivity index (χ0v) is 16.3. The van der Waals surface area contributed by atoms with Crippen molar-refractivity contribution in [3.63, 3.8) is 0 Å². The van der Waals surface area contributed by atoms with E-state index in [9.17, 15) is 23.3 Å². The lowest BCUT2D eigenvalue weighted by Gasteiger charge is -2.24. The van der Waals surface area contributed by atoms with Crippen LogP contribution in [0, 0.1) is 10.1 Å². The molecule has 0 fully saturated rings. The number of fused-ring (bicyclic) bond motifs is 1. The van der Waals surface area contributed by atoms with Crippen LogP contribution >= 0.6 is 0 Å². The Kier molecular flexibility index (Phi) is 5.79. The van der Waals surface area contributed by atoms with Gasteiger partial charge in [-0.25, -0.2) is 8.42 Å². The number of benzene rings is 3. The highest BCUT2D eigenvalue weighted by atomic mass is 32.2. The van der Waals surface area contributed by atoms with E-state index in [0.29, 0.717) is 5.39 Å². The Morgan fingerprint density at radius 1 is 1.03 bits per heavy atom. The van der Waals surface area contributed by atoms with Gasteiger partial charge in [0.2, 0.25) is 0 Å². The van der Waals surface area contributed by atoms with E-state index in [1.807, 2.05) is 0 Å². The van der Waals surface area contributed by atoms with Gasteiger partial charge in [-0.1, -0.05) is 48.5 Å². The SMILES string of the molecule is CCOC(=O)CN(c1cccc2ccccc12)S(=O)(=O)c1ccccc1[N+](=O)[O-]. The van der Waals surface area contributed by atoms with Crippen LogP contribution in [0.15, 0.2) is 71.6 Å². The summed E-state index contributed by atoms with van der Waals surface area (Å²) in [4.78, 5) is 22.3. The second kappa shape index (κ2) is 8.27. The average Bonchev–Trinajstić information content (AvgIpc) is 2.72. The standard InChI is InChI=1S/C20H18N2O6S/c1-2-28-20(23)14-21(17-12-7-9-15-8-3-4-10-16(15)17)29(26,27)19-13-6-5-11-18(19)22(24)25/h3-13H,2,14H2,1H3. The number of hydrogen-bond donors (Lipinski definition) is 0. The molecule has 9 heteroatoms. The molecule has 0 heterocycles. The van der Waals surface area contributed by atoms with E-state index in [2.05, 4.69) is 0 Å². The molecule has 0 aliphatic heterocycles. The maximum absolute atomic E-state index is 13.5. The molecule has 3 aromatic carbocycles. The molecule has 0 atom stereocenters. The molecule has 29 heavy (non-hydrogen) atoms. The first-order valence-electron chi connectivity index (χ1n) is 8.75. The summed E-state index contributed by atoms with van der Waals surface area (Å²) < 4.78 is 32.7. The first kappa shape index (κ1) is 20.3. The summed E-state index contributed by atoms with van der Waals surface area (Å²) in [6, 6.07) is 17.1. The van der Waals surface area contributed by atoms with Crippen molar-refractivity contribution in [2.45, 2.75) is 11.8 Å². The van der Waals surface area contributed by atoms with Gasteiger partial charge >= 0.3 is 5.97 Å². The van der Waals surface area contributed by atoms with Crippen molar-refractivity contribution in [3.8, 4) is 0 Å². The highest BCUT2D eigenvalue weighted by Gasteiger charge is 2.34. The summed E-state index contributed by atoms with van der Waals surface area (Å²) >= 11 is 0. The number of hydrogen-bond acceptors (Lipinski definition) is 6. The van der Waals surface area contributed by atoms with Crippen molar-refractivity contribution in [1.29, 1.82) is 0 Å². The molecule has 0 aliphatic rings. The van der Waals surface area contributed by atoms with Crippen LogP contribution in [0.2, 0.25) is 0 Å². The second-order valence-electron chi connectivity index (χ2n) is 6.04. The van der Waals surface area contributed by atoms with Gasteiger partial charge in [0.25, 0.3) is 15.7 Å². The summed E-state index contributed by atoms with van der Waals surface area (Å²) in [6.45, 7) is 1.07. The van der Waals surface area contributed by atoms with E-state index in [1.54, 1.807) is 49.4 Å². The van der Waals surface area contributed by atoms with Gasteiger partial charge < -0.3 is 4.74 Å². The Hall–Kier alpha value is -3.46. The lowest BCUT2D eigenvalue weighted by atomic mass is 10.1. The van der Waals surface area contributed by atoms with E-state index < -0.39 is 38.0 Å². The lowest BCUT2D eigenvalue weighted by Crippen LogP contribution is -2.37. The number of ether oxygens (including phenoxy) is 1. The van der Waals surface area contributed by atoms with Crippen LogP contribution in [-0.4, -0.2) is 32.5 Å². The van der Waals surface area contributed by atoms with Gasteiger partial charge in [0.05, 0.1) is 17.2 Å². The quantitative estimate of drug-likeness (QED) is 0.333. The molecule has 0 aromatic heterocycles. The van der Waals surface area contributed by atoms with E-state index in [0.717, 1.165) is 21.8 Å². The third kappa shape index (κ3) is 4.04. The topological polar surface area (TPSA) is 107 Å². The van der Waals surface area contributed by atoms with E-state index >= 15 is 0 Å². The van der Waals surface area contributed by atoms with Crippen LogP contribution in [0.25, 0.3) is 10.8 Å². The summed E-state index contributed by atoms with van der Waals surface area (Å²) in [5.74, 6) is -0.761. The van der Waals surface area contributed by atoms with Gasteiger partial charge in [-0.05, 0) is 24.4 Å². The fourth-order valence-corrected chi connectivity index (χ4v) is 4.58. The van der Waals surface area contributed by atoms with Gasteiger partial charge in [-0.3, -0.25) is 19.2 Å². The Bertz CT molecular complexity index is 1170. The van der Waals surface area contributed by atoms with Crippen molar-refractivity contribution in [3.05, 3.63) is 76.8 Å². The lowest BCUT2D eigenvalue weighted by molar-refractivity contribution is -0.387. The number of rotatable bonds is 7. The maximum atomic E-state index is 13.5. The van der Waals surface area contributed by atoms with Crippen molar-refractivity contribution in [1.82, 2.24) is 0 Å². The van der Waals surface area contributed by atoms with Crippen LogP contribution in [0.1, 0.15) is 6.92 Å². The number of para-hydroxylation sites is 1. The van der Waals surface area contributed by atoms with Gasteiger partial charge in [-0.15, -0.1) is 0 Å². The van der Waals surface area contributed by atoms with Crippen molar-refractivity contribution < 1.29 is 22.9 Å². The molecule has 3 aromatic rings. The van der Waals surface area contributed by atoms with E-state index in [-0.39, 0.29) is 12.3 Å². The molecule has 0 amide bonds. The number of carbonyl (C=O) groups excluding carboxylic acids is 1. The second-order valence-corrected chi connectivity index (χ2v) is 7.87. The molecular weight excluding hydrogens is 396 g/mol. The van der Waals surface area contributed by atoms with Crippen LogP contribution < -0.4 is 4.31 Å². The minimum Gasteiger partial charge on any atom is -0.465 e. The molecule has 0 N–H and O–H groups in total. The maximum Gasteiger partial charge on any atom is 0.326 e. The molecule has 3 rings (SSSR count). The summed E-state index contributed by atoms with van der Waals surface area (Å²) in [5.41, 5.74) is -0.337. The van der Waals surface area contributed by atoms with Crippen LogP contribution in [0.3, 0.4) is 0 Å². The molecule has 0 spiro atoms. The van der Waals surface area contributed by atoms with Gasteiger partial charge in [0.1, 0.15) is 6.54 Å². The van der Waals surface area contributed by atoms with Crippen LogP contribution in [-0.2, 0) is 19.6 Å². The molecule has 0 unspecified atom stereocenters. The molecule has 0 radical (unpaired) electrons. The third-order valence-electron chi connectivity index (χ3n) is 4.24. The van der Waals surface area contributed by atoms with Gasteiger partial charge in [0.15, 0.2) is 4.90 Å². The third-order valence-corrected chi connectivity index (χ3v) is 6.05. The van der Waals surface area contributed by atoms with Gasteiger partial charge in [0, 0.05) is 11.5 Å². The zero-order chi connectivity index (χ0) is 21.0. The molecule has 0 aliphatic carbocycles. The summed E-state index contributed by atoms with van der Waals surface area (Å²) in [6.07, 6.45) is 0. The van der Waals surface area contributed by atoms with E-state index in [1.165, 1.54) is 12.1 Å². The first-order valence-corrected chi connectivity index (χ1v) is 10.2. The minimum atomic E-state index is -4.44. The zero-order valence-electron chi connectivity index (χ0n) is 15.5. The average molecular weight is 414 g/mol. The Morgan fingerprint density at radius 2 is 1.69 bits per heavy atom. The minimum absolute atomic E-state index is 0.0771. The highest BCUT2D eigenvalue weighted by Crippen LogP contribution is 2.33. The highest BCUT2D eigenvalue weighted by molar-refractivity contribution is 7.93. The monoisotopic (exact) mass is 414 g/mol. The van der Waals surface area contributed by atoms with Crippen molar-refractivity contribution in [2.24, 2.45) is 0 Å². The number of esters is 1. The Morgan fingerprint density at radius 3 is 2.41 bits per heavy atom. The number of anilines is 1. The number of nitro groups is 1.